The molecule has 0 aromatic heterocycles. The lowest BCUT2D eigenvalue weighted by Gasteiger charge is -2.26. The van der Waals surface area contributed by atoms with E-state index in [0.717, 1.165) is 51.9 Å². The molecule has 1 aromatic rings. The van der Waals surface area contributed by atoms with Crippen molar-refractivity contribution in [1.82, 2.24) is 15.5 Å². The largest absolute Gasteiger partial charge is 0.379 e. The molecule has 0 spiro atoms. The van der Waals surface area contributed by atoms with E-state index in [4.69, 9.17) is 9.73 Å². The van der Waals surface area contributed by atoms with E-state index in [-0.39, 0.29) is 24.0 Å². The van der Waals surface area contributed by atoms with E-state index in [0.29, 0.717) is 6.54 Å². The number of morpholine rings is 1. The lowest BCUT2D eigenvalue weighted by atomic mass is 10.1. The molecule has 1 saturated heterocycles. The van der Waals surface area contributed by atoms with Gasteiger partial charge in [-0.3, -0.25) is 4.90 Å². The highest BCUT2D eigenvalue weighted by atomic mass is 127. The van der Waals surface area contributed by atoms with Gasteiger partial charge < -0.3 is 15.4 Å². The molecule has 0 atom stereocenters. The fourth-order valence-electron chi connectivity index (χ4n) is 3.11. The van der Waals surface area contributed by atoms with E-state index >= 15 is 0 Å². The fraction of sp³-hybridized carbons (Fsp3) is 0.667. The van der Waals surface area contributed by atoms with Crippen LogP contribution >= 0.6 is 24.0 Å². The van der Waals surface area contributed by atoms with Gasteiger partial charge in [-0.25, -0.2) is 4.99 Å². The summed E-state index contributed by atoms with van der Waals surface area (Å²) in [5, 5.41) is 6.79. The molecular weight excluding hydrogens is 451 g/mol. The Hall–Kier alpha value is -0.860. The highest BCUT2D eigenvalue weighted by Crippen LogP contribution is 2.11. The number of hydrogen-bond acceptors (Lipinski definition) is 3. The number of hydrogen-bond donors (Lipinski definition) is 2. The third-order valence-corrected chi connectivity index (χ3v) is 4.59. The van der Waals surface area contributed by atoms with E-state index in [1.165, 1.54) is 36.8 Å². The lowest BCUT2D eigenvalue weighted by molar-refractivity contribution is 0.0342. The van der Waals surface area contributed by atoms with Crippen LogP contribution in [0.1, 0.15) is 50.7 Å². The summed E-state index contributed by atoms with van der Waals surface area (Å²) in [4.78, 5) is 7.20. The Morgan fingerprint density at radius 1 is 1.07 bits per heavy atom. The summed E-state index contributed by atoms with van der Waals surface area (Å²) in [7, 11) is 0. The molecule has 0 unspecified atom stereocenters. The molecule has 0 radical (unpaired) electrons. The van der Waals surface area contributed by atoms with Crippen molar-refractivity contribution in [3.8, 4) is 0 Å². The molecule has 1 aliphatic rings. The molecule has 5 nitrogen and oxygen atoms in total. The molecule has 1 aliphatic heterocycles. The van der Waals surface area contributed by atoms with Crippen molar-refractivity contribution in [2.24, 2.45) is 4.99 Å². The maximum atomic E-state index is 5.43. The molecule has 0 amide bonds. The van der Waals surface area contributed by atoms with Gasteiger partial charge in [0.25, 0.3) is 0 Å². The Bertz CT molecular complexity index is 533. The second-order valence-electron chi connectivity index (χ2n) is 6.89. The normalized spacial score (nSPS) is 15.3. The molecule has 0 aliphatic carbocycles. The molecule has 2 rings (SSSR count). The average molecular weight is 488 g/mol. The third-order valence-electron chi connectivity index (χ3n) is 4.59. The van der Waals surface area contributed by atoms with Gasteiger partial charge in [-0.1, -0.05) is 50.5 Å². The molecule has 27 heavy (non-hydrogen) atoms. The van der Waals surface area contributed by atoms with Crippen LogP contribution in [0.4, 0.5) is 0 Å². The van der Waals surface area contributed by atoms with Crippen LogP contribution in [0.3, 0.4) is 0 Å². The topological polar surface area (TPSA) is 48.9 Å². The Morgan fingerprint density at radius 2 is 1.85 bits per heavy atom. The van der Waals surface area contributed by atoms with Crippen LogP contribution in [-0.4, -0.2) is 50.3 Å². The molecule has 1 fully saturated rings. The van der Waals surface area contributed by atoms with Crippen LogP contribution < -0.4 is 10.6 Å². The molecule has 0 saturated carbocycles. The Balaban J connectivity index is 0.00000364. The second kappa shape index (κ2) is 15.1. The van der Waals surface area contributed by atoms with E-state index in [9.17, 15) is 0 Å². The zero-order valence-corrected chi connectivity index (χ0v) is 19.3. The van der Waals surface area contributed by atoms with Gasteiger partial charge in [-0.05, 0) is 24.5 Å². The van der Waals surface area contributed by atoms with Crippen molar-refractivity contribution in [2.45, 2.75) is 52.6 Å². The van der Waals surface area contributed by atoms with E-state index in [1.807, 2.05) is 0 Å². The fourth-order valence-corrected chi connectivity index (χ4v) is 3.11. The smallest absolute Gasteiger partial charge is 0.191 e. The lowest BCUT2D eigenvalue weighted by Crippen LogP contribution is -2.37. The number of aliphatic imine (C=N–C) groups is 1. The Kier molecular flexibility index (Phi) is 13.5. The van der Waals surface area contributed by atoms with Gasteiger partial charge in [0.1, 0.15) is 0 Å². The van der Waals surface area contributed by atoms with E-state index in [2.05, 4.69) is 53.6 Å². The molecule has 6 heteroatoms. The monoisotopic (exact) mass is 488 g/mol. The van der Waals surface area contributed by atoms with Crippen molar-refractivity contribution < 1.29 is 4.74 Å². The van der Waals surface area contributed by atoms with Crippen LogP contribution in [0.15, 0.2) is 29.3 Å². The number of guanidine groups is 1. The highest BCUT2D eigenvalue weighted by molar-refractivity contribution is 14.0. The number of unbranched alkanes of at least 4 members (excludes halogenated alkanes) is 3. The van der Waals surface area contributed by atoms with Gasteiger partial charge >= 0.3 is 0 Å². The molecular formula is C21H37IN4O. The number of ether oxygens (including phenoxy) is 1. The molecule has 1 heterocycles. The van der Waals surface area contributed by atoms with Gasteiger partial charge in [0.2, 0.25) is 0 Å². The number of nitrogens with zero attached hydrogens (tertiary/aromatic N) is 2. The molecule has 1 aromatic carbocycles. The van der Waals surface area contributed by atoms with Crippen molar-refractivity contribution in [1.29, 1.82) is 0 Å². The predicted molar refractivity (Wildman–Crippen MR) is 125 cm³/mol. The molecule has 154 valence electrons. The minimum absolute atomic E-state index is 0. The minimum atomic E-state index is 0. The minimum Gasteiger partial charge on any atom is -0.379 e. The highest BCUT2D eigenvalue weighted by Gasteiger charge is 2.10. The van der Waals surface area contributed by atoms with E-state index in [1.54, 1.807) is 0 Å². The van der Waals surface area contributed by atoms with Crippen LogP contribution in [0.5, 0.6) is 0 Å². The van der Waals surface area contributed by atoms with Crippen molar-refractivity contribution in [2.75, 3.05) is 39.4 Å². The van der Waals surface area contributed by atoms with Gasteiger partial charge in [-0.2, -0.15) is 0 Å². The van der Waals surface area contributed by atoms with E-state index < -0.39 is 0 Å². The molecule has 2 N–H and O–H groups in total. The SMILES string of the molecule is CCCCCCNC(=NCc1cccc(CN2CCOCC2)c1)NCC.I. The van der Waals surface area contributed by atoms with Crippen LogP contribution in [-0.2, 0) is 17.8 Å². The van der Waals surface area contributed by atoms with Crippen LogP contribution in [0.25, 0.3) is 0 Å². The first-order valence-electron chi connectivity index (χ1n) is 10.2. The van der Waals surface area contributed by atoms with Gasteiger partial charge in [-0.15, -0.1) is 24.0 Å². The average Bonchev–Trinajstić information content (AvgIpc) is 2.67. The van der Waals surface area contributed by atoms with Gasteiger partial charge in [0.15, 0.2) is 5.96 Å². The van der Waals surface area contributed by atoms with Crippen LogP contribution in [0.2, 0.25) is 0 Å². The maximum absolute atomic E-state index is 5.43. The maximum Gasteiger partial charge on any atom is 0.191 e. The standard InChI is InChI=1S/C21H36N4O.HI/c1-3-5-6-7-11-23-21(22-4-2)24-17-19-9-8-10-20(16-19)18-25-12-14-26-15-13-25;/h8-10,16H,3-7,11-15,17-18H2,1-2H3,(H2,22,23,24);1H. The first-order valence-corrected chi connectivity index (χ1v) is 10.2. The first kappa shape index (κ1) is 24.2. The Labute approximate surface area is 182 Å². The van der Waals surface area contributed by atoms with Crippen molar-refractivity contribution in [3.63, 3.8) is 0 Å². The zero-order valence-electron chi connectivity index (χ0n) is 17.0. The summed E-state index contributed by atoms with van der Waals surface area (Å²) in [5.74, 6) is 0.919. The number of benzene rings is 1. The Morgan fingerprint density at radius 3 is 2.59 bits per heavy atom. The number of halogens is 1. The summed E-state index contributed by atoms with van der Waals surface area (Å²) in [5.41, 5.74) is 2.62. The zero-order chi connectivity index (χ0) is 18.5. The summed E-state index contributed by atoms with van der Waals surface area (Å²) < 4.78 is 5.43. The van der Waals surface area contributed by atoms with Crippen LogP contribution in [0, 0.1) is 0 Å². The number of nitrogens with one attached hydrogen (secondary N) is 2. The quantitative estimate of drug-likeness (QED) is 0.228. The van der Waals surface area contributed by atoms with Crippen molar-refractivity contribution in [3.05, 3.63) is 35.4 Å². The predicted octanol–water partition coefficient (Wildman–Crippen LogP) is 3.77. The summed E-state index contributed by atoms with van der Waals surface area (Å²) in [6, 6.07) is 8.80. The summed E-state index contributed by atoms with van der Waals surface area (Å²) in [6.07, 6.45) is 5.07. The third kappa shape index (κ3) is 10.3. The second-order valence-corrected chi connectivity index (χ2v) is 6.89. The summed E-state index contributed by atoms with van der Waals surface area (Å²) in [6.45, 7) is 11.7. The number of rotatable bonds is 10. The first-order chi connectivity index (χ1) is 12.8. The van der Waals surface area contributed by atoms with Gasteiger partial charge in [0, 0.05) is 32.7 Å². The summed E-state index contributed by atoms with van der Waals surface area (Å²) >= 11 is 0. The van der Waals surface area contributed by atoms with Crippen molar-refractivity contribution >= 4 is 29.9 Å². The van der Waals surface area contributed by atoms with Gasteiger partial charge in [0.05, 0.1) is 19.8 Å². The molecule has 0 bridgehead atoms.